The maximum Gasteiger partial charge on any atom is 0.407 e. The topological polar surface area (TPSA) is 65.9 Å². The summed E-state index contributed by atoms with van der Waals surface area (Å²) in [5.74, 6) is 0.813. The average Bonchev–Trinajstić information content (AvgIpc) is 2.73. The summed E-state index contributed by atoms with van der Waals surface area (Å²) in [6.07, 6.45) is 2.46. The predicted octanol–water partition coefficient (Wildman–Crippen LogP) is 4.49. The second-order valence-corrected chi connectivity index (χ2v) is 7.54. The van der Waals surface area contributed by atoms with Crippen molar-refractivity contribution in [3.8, 4) is 16.9 Å². The average molecular weight is 391 g/mol. The number of hydrogen-bond acceptors (Lipinski definition) is 4. The molecule has 1 fully saturated rings. The molecule has 0 aliphatic carbocycles. The molecular formula is C23H25N3O3. The molecule has 2 heterocycles. The zero-order chi connectivity index (χ0) is 20.4. The Bertz CT molecular complexity index is 1010. The molecule has 6 heteroatoms. The standard InChI is InChI=1S/C23H25N3O3/c1-25(2)22-20(10-7-17-4-3-13-24-21(17)22)16-5-8-18(9-6-16)29-19-11-14-26(15-12-19)23(27)28/h3-10,13,19H,11-12,14-15H2,1-2H3,(H,27,28). The molecule has 1 amide bonds. The van der Waals surface area contributed by atoms with Crippen molar-refractivity contribution in [2.45, 2.75) is 18.9 Å². The van der Waals surface area contributed by atoms with Crippen LogP contribution in [-0.4, -0.2) is 54.4 Å². The number of fused-ring (bicyclic) bond motifs is 1. The number of likely N-dealkylation sites (tertiary alicyclic amines) is 1. The summed E-state index contributed by atoms with van der Waals surface area (Å²) >= 11 is 0. The third-order valence-electron chi connectivity index (χ3n) is 5.38. The van der Waals surface area contributed by atoms with E-state index in [1.165, 1.54) is 4.90 Å². The van der Waals surface area contributed by atoms with Crippen molar-refractivity contribution in [2.75, 3.05) is 32.1 Å². The van der Waals surface area contributed by atoms with Gasteiger partial charge in [0.2, 0.25) is 0 Å². The van der Waals surface area contributed by atoms with E-state index in [1.54, 1.807) is 0 Å². The molecule has 0 bridgehead atoms. The Balaban J connectivity index is 1.54. The fourth-order valence-corrected chi connectivity index (χ4v) is 3.89. The summed E-state index contributed by atoms with van der Waals surface area (Å²) in [4.78, 5) is 19.2. The van der Waals surface area contributed by atoms with Crippen molar-refractivity contribution in [2.24, 2.45) is 0 Å². The van der Waals surface area contributed by atoms with Gasteiger partial charge in [0.25, 0.3) is 0 Å². The summed E-state index contributed by atoms with van der Waals surface area (Å²) in [6.45, 7) is 1.04. The van der Waals surface area contributed by atoms with Gasteiger partial charge in [0.1, 0.15) is 11.9 Å². The number of aromatic nitrogens is 1. The van der Waals surface area contributed by atoms with Gasteiger partial charge in [-0.1, -0.05) is 30.3 Å². The van der Waals surface area contributed by atoms with Crippen molar-refractivity contribution in [3.63, 3.8) is 0 Å². The fourth-order valence-electron chi connectivity index (χ4n) is 3.89. The molecule has 0 saturated carbocycles. The first kappa shape index (κ1) is 19.1. The van der Waals surface area contributed by atoms with Crippen LogP contribution in [0.5, 0.6) is 5.75 Å². The quantitative estimate of drug-likeness (QED) is 0.710. The summed E-state index contributed by atoms with van der Waals surface area (Å²) in [7, 11) is 4.07. The first-order valence-electron chi connectivity index (χ1n) is 9.83. The highest BCUT2D eigenvalue weighted by molar-refractivity contribution is 5.99. The van der Waals surface area contributed by atoms with Gasteiger partial charge in [-0.3, -0.25) is 4.98 Å². The van der Waals surface area contributed by atoms with Gasteiger partial charge in [-0.05, 0) is 23.8 Å². The van der Waals surface area contributed by atoms with Crippen LogP contribution in [-0.2, 0) is 0 Å². The molecule has 1 N–H and O–H groups in total. The molecule has 0 spiro atoms. The molecule has 4 rings (SSSR count). The summed E-state index contributed by atoms with van der Waals surface area (Å²) in [6, 6.07) is 16.4. The Morgan fingerprint density at radius 3 is 2.48 bits per heavy atom. The Kier molecular flexibility index (Phi) is 5.25. The van der Waals surface area contributed by atoms with Crippen LogP contribution in [0.2, 0.25) is 0 Å². The van der Waals surface area contributed by atoms with E-state index in [9.17, 15) is 4.79 Å². The number of rotatable bonds is 4. The highest BCUT2D eigenvalue weighted by atomic mass is 16.5. The maximum absolute atomic E-state index is 11.0. The van der Waals surface area contributed by atoms with E-state index in [2.05, 4.69) is 40.2 Å². The number of pyridine rings is 1. The number of nitrogens with zero attached hydrogens (tertiary/aromatic N) is 3. The van der Waals surface area contributed by atoms with E-state index in [0.717, 1.165) is 46.3 Å². The maximum atomic E-state index is 11.0. The van der Waals surface area contributed by atoms with E-state index in [0.29, 0.717) is 13.1 Å². The van der Waals surface area contributed by atoms with Crippen LogP contribution < -0.4 is 9.64 Å². The Labute approximate surface area is 170 Å². The molecule has 0 atom stereocenters. The van der Waals surface area contributed by atoms with Crippen LogP contribution in [0.4, 0.5) is 10.5 Å². The van der Waals surface area contributed by atoms with E-state index in [1.807, 2.05) is 38.5 Å². The van der Waals surface area contributed by atoms with Crippen molar-refractivity contribution in [1.82, 2.24) is 9.88 Å². The third-order valence-corrected chi connectivity index (χ3v) is 5.38. The van der Waals surface area contributed by atoms with E-state index in [-0.39, 0.29) is 6.10 Å². The number of ether oxygens (including phenoxy) is 1. The van der Waals surface area contributed by atoms with Gasteiger partial charge in [-0.2, -0.15) is 0 Å². The first-order chi connectivity index (χ1) is 14.0. The highest BCUT2D eigenvalue weighted by Crippen LogP contribution is 2.36. The zero-order valence-corrected chi connectivity index (χ0v) is 16.7. The van der Waals surface area contributed by atoms with Gasteiger partial charge in [-0.15, -0.1) is 0 Å². The molecule has 150 valence electrons. The predicted molar refractivity (Wildman–Crippen MR) is 115 cm³/mol. The van der Waals surface area contributed by atoms with Crippen molar-refractivity contribution in [3.05, 3.63) is 54.7 Å². The Hall–Kier alpha value is -3.28. The van der Waals surface area contributed by atoms with E-state index >= 15 is 0 Å². The molecule has 1 aliphatic heterocycles. The van der Waals surface area contributed by atoms with Gasteiger partial charge in [0.05, 0.1) is 11.2 Å². The monoisotopic (exact) mass is 391 g/mol. The van der Waals surface area contributed by atoms with Crippen molar-refractivity contribution < 1.29 is 14.6 Å². The van der Waals surface area contributed by atoms with Gasteiger partial charge < -0.3 is 19.6 Å². The summed E-state index contributed by atoms with van der Waals surface area (Å²) in [5, 5.41) is 10.2. The first-order valence-corrected chi connectivity index (χ1v) is 9.83. The molecule has 1 aliphatic rings. The number of hydrogen-bond donors (Lipinski definition) is 1. The molecule has 2 aromatic carbocycles. The molecule has 0 radical (unpaired) electrons. The van der Waals surface area contributed by atoms with Crippen LogP contribution >= 0.6 is 0 Å². The molecule has 1 aromatic heterocycles. The van der Waals surface area contributed by atoms with Gasteiger partial charge in [0.15, 0.2) is 0 Å². The van der Waals surface area contributed by atoms with Gasteiger partial charge >= 0.3 is 6.09 Å². The second-order valence-electron chi connectivity index (χ2n) is 7.54. The highest BCUT2D eigenvalue weighted by Gasteiger charge is 2.23. The number of piperidine rings is 1. The number of carbonyl (C=O) groups is 1. The fraction of sp³-hybridized carbons (Fsp3) is 0.304. The van der Waals surface area contributed by atoms with Gasteiger partial charge in [-0.25, -0.2) is 4.79 Å². The number of carboxylic acid groups (broad SMARTS) is 1. The number of amides is 1. The third kappa shape index (κ3) is 3.97. The van der Waals surface area contributed by atoms with Crippen LogP contribution in [0.15, 0.2) is 54.7 Å². The van der Waals surface area contributed by atoms with Crippen LogP contribution in [0.1, 0.15) is 12.8 Å². The molecular weight excluding hydrogens is 366 g/mol. The SMILES string of the molecule is CN(C)c1c(-c2ccc(OC3CCN(C(=O)O)CC3)cc2)ccc2cccnc12. The van der Waals surface area contributed by atoms with Crippen LogP contribution in [0, 0.1) is 0 Å². The minimum atomic E-state index is -0.852. The van der Waals surface area contributed by atoms with Crippen molar-refractivity contribution >= 4 is 22.7 Å². The lowest BCUT2D eigenvalue weighted by atomic mass is 10.00. The minimum absolute atomic E-state index is 0.0543. The minimum Gasteiger partial charge on any atom is -0.490 e. The van der Waals surface area contributed by atoms with Crippen LogP contribution in [0.3, 0.4) is 0 Å². The van der Waals surface area contributed by atoms with Crippen LogP contribution in [0.25, 0.3) is 22.0 Å². The summed E-state index contributed by atoms with van der Waals surface area (Å²) in [5.41, 5.74) is 4.31. The lowest BCUT2D eigenvalue weighted by Gasteiger charge is -2.30. The molecule has 1 saturated heterocycles. The smallest absolute Gasteiger partial charge is 0.407 e. The van der Waals surface area contributed by atoms with Crippen molar-refractivity contribution in [1.29, 1.82) is 0 Å². The van der Waals surface area contributed by atoms with Gasteiger partial charge in [0, 0.05) is 57.2 Å². The molecule has 3 aromatic rings. The summed E-state index contributed by atoms with van der Waals surface area (Å²) < 4.78 is 6.08. The van der Waals surface area contributed by atoms with E-state index in [4.69, 9.17) is 9.84 Å². The van der Waals surface area contributed by atoms with E-state index < -0.39 is 6.09 Å². The zero-order valence-electron chi connectivity index (χ0n) is 16.7. The number of anilines is 1. The lowest BCUT2D eigenvalue weighted by molar-refractivity contribution is 0.0895. The molecule has 6 nitrogen and oxygen atoms in total. The Morgan fingerprint density at radius 1 is 1.10 bits per heavy atom. The molecule has 0 unspecified atom stereocenters. The normalized spacial score (nSPS) is 14.8. The Morgan fingerprint density at radius 2 is 1.83 bits per heavy atom. The number of benzene rings is 2. The largest absolute Gasteiger partial charge is 0.490 e. The second kappa shape index (κ2) is 7.99. The molecule has 29 heavy (non-hydrogen) atoms. The lowest BCUT2D eigenvalue weighted by Crippen LogP contribution is -2.41.